The number of nitrogens with zero attached hydrogens (tertiary/aromatic N) is 5. The number of hydrogen-bond acceptors (Lipinski definition) is 5. The lowest BCUT2D eigenvalue weighted by atomic mass is 10.1. The number of amides is 1. The molecule has 1 atom stereocenters. The summed E-state index contributed by atoms with van der Waals surface area (Å²) in [5, 5.41) is 16.4. The zero-order valence-electron chi connectivity index (χ0n) is 16.1. The average Bonchev–Trinajstić information content (AvgIpc) is 3.34. The molecular formula is C19H12F7N5O2. The highest BCUT2D eigenvalue weighted by atomic mass is 19.4. The lowest BCUT2D eigenvalue weighted by Crippen LogP contribution is -2.51. The molecule has 1 aliphatic rings. The number of rotatable bonds is 4. The second kappa shape index (κ2) is 7.79. The third kappa shape index (κ3) is 3.90. The van der Waals surface area contributed by atoms with Gasteiger partial charge in [0.05, 0.1) is 5.69 Å². The van der Waals surface area contributed by atoms with Crippen LogP contribution in [0.2, 0.25) is 0 Å². The number of fused-ring (bicyclic) bond motifs is 1. The van der Waals surface area contributed by atoms with Crippen LogP contribution < -0.4 is 0 Å². The van der Waals surface area contributed by atoms with Gasteiger partial charge in [-0.1, -0.05) is 30.3 Å². The van der Waals surface area contributed by atoms with E-state index in [0.29, 0.717) is 11.6 Å². The van der Waals surface area contributed by atoms with Gasteiger partial charge in [0.2, 0.25) is 5.72 Å². The minimum atomic E-state index is -4.95. The van der Waals surface area contributed by atoms with Gasteiger partial charge in [0.15, 0.2) is 17.0 Å². The Balaban J connectivity index is 1.84. The van der Waals surface area contributed by atoms with Gasteiger partial charge in [-0.05, 0) is 6.07 Å². The fraction of sp³-hybridized carbons (Fsp3) is 0.263. The number of halogens is 7. The van der Waals surface area contributed by atoms with E-state index in [0.717, 1.165) is 6.07 Å². The van der Waals surface area contributed by atoms with Crippen LogP contribution in [0.25, 0.3) is 16.9 Å². The molecule has 7 nitrogen and oxygen atoms in total. The molecule has 0 radical (unpaired) electrons. The Labute approximate surface area is 179 Å². The van der Waals surface area contributed by atoms with E-state index < -0.39 is 59.8 Å². The number of aliphatic hydroxyl groups is 1. The molecule has 14 heteroatoms. The maximum absolute atomic E-state index is 13.7. The Morgan fingerprint density at radius 3 is 2.33 bits per heavy atom. The highest BCUT2D eigenvalue weighted by Crippen LogP contribution is 2.35. The normalized spacial score (nSPS) is 19.1. The minimum Gasteiger partial charge on any atom is -0.364 e. The summed E-state index contributed by atoms with van der Waals surface area (Å²) in [5.74, 6) is -1.60. The summed E-state index contributed by atoms with van der Waals surface area (Å²) >= 11 is 0. The number of hydrogen-bond donors (Lipinski definition) is 1. The van der Waals surface area contributed by atoms with Crippen molar-refractivity contribution in [3.05, 3.63) is 53.9 Å². The molecule has 4 rings (SSSR count). The van der Waals surface area contributed by atoms with Crippen molar-refractivity contribution in [3.63, 3.8) is 0 Å². The fourth-order valence-corrected chi connectivity index (χ4v) is 3.25. The summed E-state index contributed by atoms with van der Waals surface area (Å²) < 4.78 is 94.0. The maximum Gasteiger partial charge on any atom is 0.433 e. The van der Waals surface area contributed by atoms with Gasteiger partial charge in [-0.2, -0.15) is 28.4 Å². The van der Waals surface area contributed by atoms with E-state index in [1.165, 1.54) is 12.1 Å². The predicted octanol–water partition coefficient (Wildman–Crippen LogP) is 3.84. The number of benzene rings is 1. The summed E-state index contributed by atoms with van der Waals surface area (Å²) in [4.78, 5) is 16.7. The zero-order chi connectivity index (χ0) is 24.1. The van der Waals surface area contributed by atoms with Crippen molar-refractivity contribution in [3.8, 4) is 11.3 Å². The van der Waals surface area contributed by atoms with Gasteiger partial charge >= 0.3 is 6.18 Å². The van der Waals surface area contributed by atoms with E-state index in [9.17, 15) is 40.6 Å². The Kier molecular flexibility index (Phi) is 5.35. The lowest BCUT2D eigenvalue weighted by molar-refractivity contribution is -0.164. The second-order valence-corrected chi connectivity index (χ2v) is 7.06. The van der Waals surface area contributed by atoms with Crippen LogP contribution in [0.4, 0.5) is 30.7 Å². The van der Waals surface area contributed by atoms with Crippen LogP contribution in [-0.2, 0) is 6.18 Å². The van der Waals surface area contributed by atoms with Gasteiger partial charge in [0.1, 0.15) is 5.71 Å². The minimum absolute atomic E-state index is 0.113. The van der Waals surface area contributed by atoms with Crippen molar-refractivity contribution in [2.75, 3.05) is 0 Å². The average molecular weight is 475 g/mol. The second-order valence-electron chi connectivity index (χ2n) is 7.06. The van der Waals surface area contributed by atoms with Crippen LogP contribution in [0, 0.1) is 0 Å². The van der Waals surface area contributed by atoms with Crippen LogP contribution in [0.5, 0.6) is 0 Å². The molecule has 0 fully saturated rings. The van der Waals surface area contributed by atoms with Crippen LogP contribution in [0.1, 0.15) is 22.6 Å². The van der Waals surface area contributed by atoms with Crippen molar-refractivity contribution in [2.45, 2.75) is 31.2 Å². The first-order chi connectivity index (χ1) is 15.4. The third-order valence-corrected chi connectivity index (χ3v) is 4.84. The van der Waals surface area contributed by atoms with E-state index in [1.54, 1.807) is 18.2 Å². The molecule has 0 spiro atoms. The van der Waals surface area contributed by atoms with Crippen molar-refractivity contribution >= 4 is 17.3 Å². The molecular weight excluding hydrogens is 463 g/mol. The van der Waals surface area contributed by atoms with Crippen LogP contribution in [-0.4, -0.2) is 54.9 Å². The monoisotopic (exact) mass is 475 g/mol. The van der Waals surface area contributed by atoms with E-state index in [4.69, 9.17) is 0 Å². The summed E-state index contributed by atoms with van der Waals surface area (Å²) in [6.07, 6.45) is -13.3. The molecule has 3 heterocycles. The molecule has 0 unspecified atom stereocenters. The Bertz CT molecular complexity index is 1240. The number of carbonyl (C=O) groups excluding carboxylic acids is 1. The summed E-state index contributed by atoms with van der Waals surface area (Å²) in [6, 6.07) is 9.20. The van der Waals surface area contributed by atoms with Crippen molar-refractivity contribution < 1.29 is 40.6 Å². The lowest BCUT2D eigenvalue weighted by Gasteiger charge is -2.29. The van der Waals surface area contributed by atoms with Gasteiger partial charge in [-0.3, -0.25) is 4.79 Å². The first kappa shape index (κ1) is 22.6. The third-order valence-electron chi connectivity index (χ3n) is 4.84. The standard InChI is InChI=1S/C19H12F7N5O2/c20-15(21)12-8-18(33,17(22)23)31(29-12)16(32)11-7-14-27-10(9-4-2-1-3-5-9)6-13(19(24,25)26)30(14)28-11/h1-7,15,17,33H,8H2/t18-/m1/s1. The Hall–Kier alpha value is -3.55. The van der Waals surface area contributed by atoms with E-state index in [2.05, 4.69) is 15.2 Å². The van der Waals surface area contributed by atoms with Crippen LogP contribution in [0.15, 0.2) is 47.6 Å². The van der Waals surface area contributed by atoms with E-state index in [1.807, 2.05) is 0 Å². The van der Waals surface area contributed by atoms with Crippen LogP contribution in [0.3, 0.4) is 0 Å². The summed E-state index contributed by atoms with van der Waals surface area (Å²) in [5.41, 5.74) is -7.05. The molecule has 0 bridgehead atoms. The Morgan fingerprint density at radius 2 is 1.76 bits per heavy atom. The Morgan fingerprint density at radius 1 is 1.09 bits per heavy atom. The smallest absolute Gasteiger partial charge is 0.364 e. The molecule has 1 N–H and O–H groups in total. The van der Waals surface area contributed by atoms with Gasteiger partial charge in [-0.25, -0.2) is 27.1 Å². The van der Waals surface area contributed by atoms with Crippen LogP contribution >= 0.6 is 0 Å². The zero-order valence-corrected chi connectivity index (χ0v) is 16.1. The highest BCUT2D eigenvalue weighted by Gasteiger charge is 2.54. The first-order valence-corrected chi connectivity index (χ1v) is 9.16. The number of hydrazone groups is 1. The topological polar surface area (TPSA) is 83.1 Å². The van der Waals surface area contributed by atoms with Gasteiger partial charge in [-0.15, -0.1) is 0 Å². The largest absolute Gasteiger partial charge is 0.433 e. The first-order valence-electron chi connectivity index (χ1n) is 9.16. The molecule has 2 aromatic heterocycles. The maximum atomic E-state index is 13.7. The van der Waals surface area contributed by atoms with E-state index in [-0.39, 0.29) is 15.2 Å². The van der Waals surface area contributed by atoms with Crippen molar-refractivity contribution in [2.24, 2.45) is 5.10 Å². The van der Waals surface area contributed by atoms with Gasteiger partial charge < -0.3 is 5.11 Å². The summed E-state index contributed by atoms with van der Waals surface area (Å²) in [7, 11) is 0. The molecule has 1 aliphatic heterocycles. The molecule has 0 saturated carbocycles. The van der Waals surface area contributed by atoms with E-state index >= 15 is 0 Å². The predicted molar refractivity (Wildman–Crippen MR) is 98.6 cm³/mol. The summed E-state index contributed by atoms with van der Waals surface area (Å²) in [6.45, 7) is 0. The fourth-order valence-electron chi connectivity index (χ4n) is 3.25. The molecule has 174 valence electrons. The molecule has 0 saturated heterocycles. The molecule has 1 aromatic carbocycles. The highest BCUT2D eigenvalue weighted by molar-refractivity contribution is 5.98. The molecule has 1 amide bonds. The SMILES string of the molecule is O=C(c1cc2nc(-c3ccccc3)cc(C(F)(F)F)n2n1)N1N=C(C(F)F)C[C@@]1(O)C(F)F. The molecule has 0 aliphatic carbocycles. The quantitative estimate of drug-likeness (QED) is 0.582. The van der Waals surface area contributed by atoms with Crippen molar-refractivity contribution in [1.29, 1.82) is 0 Å². The molecule has 33 heavy (non-hydrogen) atoms. The number of alkyl halides is 7. The molecule has 3 aromatic rings. The van der Waals surface area contributed by atoms with Crippen molar-refractivity contribution in [1.82, 2.24) is 19.6 Å². The number of carbonyl (C=O) groups is 1. The van der Waals surface area contributed by atoms with Gasteiger partial charge in [0, 0.05) is 18.1 Å². The number of aromatic nitrogens is 3. The van der Waals surface area contributed by atoms with Gasteiger partial charge in [0.25, 0.3) is 18.8 Å².